The maximum Gasteiger partial charge on any atom is 0.388 e. The summed E-state index contributed by atoms with van der Waals surface area (Å²) in [5.41, 5.74) is -0.734. The zero-order valence-electron chi connectivity index (χ0n) is 10.6. The van der Waals surface area contributed by atoms with Gasteiger partial charge in [-0.3, -0.25) is 24.9 Å². The second kappa shape index (κ2) is 4.96. The summed E-state index contributed by atoms with van der Waals surface area (Å²) < 4.78 is 6.28. The van der Waals surface area contributed by atoms with Crippen molar-refractivity contribution in [2.45, 2.75) is 0 Å². The molecule has 0 amide bonds. The van der Waals surface area contributed by atoms with E-state index >= 15 is 0 Å². The Hall–Kier alpha value is -2.97. The largest absolute Gasteiger partial charge is 0.490 e. The Labute approximate surface area is 112 Å². The number of ether oxygens (including phenoxy) is 1. The number of aryl methyl sites for hydroxylation is 1. The van der Waals surface area contributed by atoms with Gasteiger partial charge in [0, 0.05) is 18.8 Å². The molecule has 0 radical (unpaired) electrons. The number of hydrogen-bond acceptors (Lipinski definition) is 6. The minimum absolute atomic E-state index is 0.121. The van der Waals surface area contributed by atoms with Gasteiger partial charge in [0.2, 0.25) is 5.75 Å². The summed E-state index contributed by atoms with van der Waals surface area (Å²) in [4.78, 5) is 20.7. The summed E-state index contributed by atoms with van der Waals surface area (Å²) in [7, 11) is 2.86. The molecule has 20 heavy (non-hydrogen) atoms. The Kier molecular flexibility index (Phi) is 3.34. The van der Waals surface area contributed by atoms with E-state index in [2.05, 4.69) is 5.10 Å². The van der Waals surface area contributed by atoms with Gasteiger partial charge in [-0.2, -0.15) is 5.10 Å². The lowest BCUT2D eigenvalue weighted by molar-refractivity contribution is -0.422. The molecule has 0 aliphatic rings. The zero-order valence-corrected chi connectivity index (χ0v) is 10.6. The highest BCUT2D eigenvalue weighted by Crippen LogP contribution is 2.43. The Morgan fingerprint density at radius 2 is 1.85 bits per heavy atom. The monoisotopic (exact) mass is 278 g/mol. The molecule has 9 nitrogen and oxygen atoms in total. The number of nitrogens with zero attached hydrogens (tertiary/aromatic N) is 4. The van der Waals surface area contributed by atoms with E-state index in [1.165, 1.54) is 30.1 Å². The fourth-order valence-corrected chi connectivity index (χ4v) is 1.88. The van der Waals surface area contributed by atoms with Crippen molar-refractivity contribution in [1.29, 1.82) is 0 Å². The number of hydrogen-bond donors (Lipinski definition) is 0. The van der Waals surface area contributed by atoms with Crippen LogP contribution in [0, 0.1) is 20.2 Å². The number of nitro benzene ring substituents is 2. The van der Waals surface area contributed by atoms with Crippen molar-refractivity contribution in [3.05, 3.63) is 44.8 Å². The van der Waals surface area contributed by atoms with E-state index in [9.17, 15) is 20.2 Å². The molecule has 0 N–H and O–H groups in total. The molecule has 0 bridgehead atoms. The van der Waals surface area contributed by atoms with Crippen molar-refractivity contribution in [1.82, 2.24) is 9.78 Å². The lowest BCUT2D eigenvalue weighted by Gasteiger charge is -2.05. The van der Waals surface area contributed by atoms with Crippen LogP contribution >= 0.6 is 0 Å². The molecular formula is C11H10N4O5. The summed E-state index contributed by atoms with van der Waals surface area (Å²) in [6, 6.07) is 2.73. The molecule has 0 unspecified atom stereocenters. The Morgan fingerprint density at radius 3 is 2.30 bits per heavy atom. The van der Waals surface area contributed by atoms with Gasteiger partial charge in [0.15, 0.2) is 0 Å². The van der Waals surface area contributed by atoms with Gasteiger partial charge in [-0.25, -0.2) is 0 Å². The van der Waals surface area contributed by atoms with E-state index in [-0.39, 0.29) is 11.3 Å². The van der Waals surface area contributed by atoms with Crippen molar-refractivity contribution < 1.29 is 14.6 Å². The van der Waals surface area contributed by atoms with E-state index in [1.54, 1.807) is 13.2 Å². The van der Waals surface area contributed by atoms with Crippen LogP contribution in [0.25, 0.3) is 11.1 Å². The first kappa shape index (κ1) is 13.5. The van der Waals surface area contributed by atoms with Gasteiger partial charge in [0.1, 0.15) is 0 Å². The molecular weight excluding hydrogens is 268 g/mol. The summed E-state index contributed by atoms with van der Waals surface area (Å²) >= 11 is 0. The molecule has 104 valence electrons. The molecule has 0 saturated heterocycles. The maximum atomic E-state index is 11.2. The Bertz CT molecular complexity index is 694. The topological polar surface area (TPSA) is 113 Å². The Morgan fingerprint density at radius 1 is 1.20 bits per heavy atom. The van der Waals surface area contributed by atoms with Gasteiger partial charge < -0.3 is 4.74 Å². The first-order chi connectivity index (χ1) is 9.45. The second-order valence-corrected chi connectivity index (χ2v) is 3.93. The second-order valence-electron chi connectivity index (χ2n) is 3.93. The number of nitro groups is 2. The van der Waals surface area contributed by atoms with Gasteiger partial charge in [0.05, 0.1) is 28.7 Å². The van der Waals surface area contributed by atoms with E-state index < -0.39 is 21.2 Å². The standard InChI is InChI=1S/C11H10N4O5/c1-13-6-7(5-12-13)8-3-4-9(20-2)11(15(18)19)10(8)14(16)17/h3-6H,1-2H3. The molecule has 0 aliphatic carbocycles. The van der Waals surface area contributed by atoms with Gasteiger partial charge in [-0.1, -0.05) is 0 Å². The minimum atomic E-state index is -0.823. The predicted octanol–water partition coefficient (Wildman–Crippen LogP) is 1.91. The molecule has 0 aliphatic heterocycles. The Balaban J connectivity index is 2.79. The van der Waals surface area contributed by atoms with Gasteiger partial charge in [-0.15, -0.1) is 0 Å². The first-order valence-electron chi connectivity index (χ1n) is 5.44. The van der Waals surface area contributed by atoms with Gasteiger partial charge in [-0.05, 0) is 12.1 Å². The average Bonchev–Trinajstić information content (AvgIpc) is 2.83. The highest BCUT2D eigenvalue weighted by atomic mass is 16.6. The lowest BCUT2D eigenvalue weighted by atomic mass is 10.1. The smallest absolute Gasteiger partial charge is 0.388 e. The van der Waals surface area contributed by atoms with Crippen LogP contribution in [-0.4, -0.2) is 26.7 Å². The first-order valence-corrected chi connectivity index (χ1v) is 5.44. The van der Waals surface area contributed by atoms with E-state index in [0.29, 0.717) is 5.56 Å². The number of methoxy groups -OCH3 is 1. The van der Waals surface area contributed by atoms with E-state index in [0.717, 1.165) is 0 Å². The van der Waals surface area contributed by atoms with Gasteiger partial charge in [0.25, 0.3) is 0 Å². The van der Waals surface area contributed by atoms with Crippen LogP contribution in [0.15, 0.2) is 24.5 Å². The molecule has 0 atom stereocenters. The fourth-order valence-electron chi connectivity index (χ4n) is 1.88. The van der Waals surface area contributed by atoms with Crippen LogP contribution in [0.2, 0.25) is 0 Å². The molecule has 2 aromatic rings. The van der Waals surface area contributed by atoms with E-state index in [1.807, 2.05) is 0 Å². The quantitative estimate of drug-likeness (QED) is 0.623. The molecule has 0 saturated carbocycles. The van der Waals surface area contributed by atoms with Gasteiger partial charge >= 0.3 is 11.4 Å². The van der Waals surface area contributed by atoms with Crippen LogP contribution in [0.5, 0.6) is 5.75 Å². The van der Waals surface area contributed by atoms with Crippen LogP contribution in [0.4, 0.5) is 11.4 Å². The number of aromatic nitrogens is 2. The van der Waals surface area contributed by atoms with Crippen molar-refractivity contribution in [3.63, 3.8) is 0 Å². The third kappa shape index (κ3) is 2.16. The van der Waals surface area contributed by atoms with E-state index in [4.69, 9.17) is 4.74 Å². The molecule has 0 fully saturated rings. The SMILES string of the molecule is COc1ccc(-c2cnn(C)c2)c([N+](=O)[O-])c1[N+](=O)[O-]. The zero-order chi connectivity index (χ0) is 14.9. The molecule has 1 aromatic carbocycles. The van der Waals surface area contributed by atoms with Crippen LogP contribution in [0.1, 0.15) is 0 Å². The fraction of sp³-hybridized carbons (Fsp3) is 0.182. The van der Waals surface area contributed by atoms with Crippen LogP contribution in [0.3, 0.4) is 0 Å². The average molecular weight is 278 g/mol. The van der Waals surface area contributed by atoms with Crippen LogP contribution in [-0.2, 0) is 7.05 Å². The third-order valence-corrected chi connectivity index (χ3v) is 2.72. The predicted molar refractivity (Wildman–Crippen MR) is 68.5 cm³/mol. The van der Waals surface area contributed by atoms with Crippen molar-refractivity contribution in [2.24, 2.45) is 7.05 Å². The highest BCUT2D eigenvalue weighted by molar-refractivity contribution is 5.81. The molecule has 9 heteroatoms. The molecule has 1 heterocycles. The minimum Gasteiger partial charge on any atom is -0.490 e. The molecule has 2 rings (SSSR count). The molecule has 1 aromatic heterocycles. The maximum absolute atomic E-state index is 11.2. The lowest BCUT2D eigenvalue weighted by Crippen LogP contribution is -2.01. The summed E-state index contributed by atoms with van der Waals surface area (Å²) in [6.45, 7) is 0. The number of benzene rings is 1. The normalized spacial score (nSPS) is 10.3. The molecule has 0 spiro atoms. The van der Waals surface area contributed by atoms with Crippen LogP contribution < -0.4 is 4.74 Å². The number of rotatable bonds is 4. The highest BCUT2D eigenvalue weighted by Gasteiger charge is 2.34. The van der Waals surface area contributed by atoms with Crippen molar-refractivity contribution >= 4 is 11.4 Å². The summed E-state index contributed by atoms with van der Waals surface area (Å²) in [6.07, 6.45) is 2.94. The summed E-state index contributed by atoms with van der Waals surface area (Å²) in [5, 5.41) is 26.2. The van der Waals surface area contributed by atoms with Crippen molar-refractivity contribution in [3.8, 4) is 16.9 Å². The third-order valence-electron chi connectivity index (χ3n) is 2.72. The summed E-state index contributed by atoms with van der Waals surface area (Å²) in [5.74, 6) is -0.158. The van der Waals surface area contributed by atoms with Crippen molar-refractivity contribution in [2.75, 3.05) is 7.11 Å².